The van der Waals surface area contributed by atoms with Gasteiger partial charge in [-0.1, -0.05) is 13.8 Å². The molecule has 0 aliphatic carbocycles. The average molecular weight is 220 g/mol. The number of nitrogens with zero attached hydrogens (tertiary/aromatic N) is 3. The van der Waals surface area contributed by atoms with Crippen LogP contribution >= 0.6 is 0 Å². The van der Waals surface area contributed by atoms with E-state index in [1.54, 1.807) is 0 Å². The van der Waals surface area contributed by atoms with E-state index in [1.165, 1.54) is 5.56 Å². The highest BCUT2D eigenvalue weighted by Crippen LogP contribution is 2.19. The molecule has 1 aromatic rings. The van der Waals surface area contributed by atoms with Crippen molar-refractivity contribution in [1.82, 2.24) is 15.3 Å². The first-order valence-corrected chi connectivity index (χ1v) is 5.97. The van der Waals surface area contributed by atoms with Crippen molar-refractivity contribution >= 4 is 5.82 Å². The summed E-state index contributed by atoms with van der Waals surface area (Å²) in [7, 11) is 0. The Bertz CT molecular complexity index is 356. The van der Waals surface area contributed by atoms with Crippen molar-refractivity contribution < 1.29 is 0 Å². The van der Waals surface area contributed by atoms with Gasteiger partial charge in [0.15, 0.2) is 0 Å². The molecule has 0 bridgehead atoms. The van der Waals surface area contributed by atoms with Crippen molar-refractivity contribution in [2.75, 3.05) is 31.1 Å². The first-order chi connectivity index (χ1) is 7.68. The molecule has 4 heteroatoms. The molecule has 0 radical (unpaired) electrons. The second-order valence-electron chi connectivity index (χ2n) is 4.63. The van der Waals surface area contributed by atoms with Crippen molar-refractivity contribution in [1.29, 1.82) is 0 Å². The maximum Gasteiger partial charge on any atom is 0.135 e. The molecule has 88 valence electrons. The zero-order valence-electron chi connectivity index (χ0n) is 10.3. The minimum atomic E-state index is 0.391. The van der Waals surface area contributed by atoms with Gasteiger partial charge in [-0.15, -0.1) is 0 Å². The molecule has 4 nitrogen and oxygen atoms in total. The Morgan fingerprint density at radius 2 is 2.00 bits per heavy atom. The lowest BCUT2D eigenvalue weighted by atomic mass is 10.2. The normalized spacial score (nSPS) is 16.9. The molecule has 1 fully saturated rings. The monoisotopic (exact) mass is 220 g/mol. The predicted molar refractivity (Wildman–Crippen MR) is 65.9 cm³/mol. The van der Waals surface area contributed by atoms with Crippen molar-refractivity contribution in [2.45, 2.75) is 26.7 Å². The van der Waals surface area contributed by atoms with Crippen LogP contribution in [-0.4, -0.2) is 36.1 Å². The molecule has 1 saturated heterocycles. The zero-order valence-corrected chi connectivity index (χ0v) is 10.3. The van der Waals surface area contributed by atoms with Gasteiger partial charge in [-0.05, 0) is 6.92 Å². The van der Waals surface area contributed by atoms with Crippen LogP contribution in [0.25, 0.3) is 0 Å². The molecule has 1 aromatic heterocycles. The maximum atomic E-state index is 4.68. The fourth-order valence-electron chi connectivity index (χ4n) is 1.92. The van der Waals surface area contributed by atoms with Gasteiger partial charge in [0.1, 0.15) is 11.6 Å². The Morgan fingerprint density at radius 3 is 2.62 bits per heavy atom. The van der Waals surface area contributed by atoms with Crippen LogP contribution in [0.1, 0.15) is 31.2 Å². The molecule has 0 aromatic carbocycles. The fraction of sp³-hybridized carbons (Fsp3) is 0.667. The standard InChI is InChI=1S/C12H20N4/c1-9(2)11-14-8-10(3)12(15-11)16-6-4-13-5-7-16/h8-9,13H,4-7H2,1-3H3. The highest BCUT2D eigenvalue weighted by Gasteiger charge is 2.15. The topological polar surface area (TPSA) is 41.1 Å². The van der Waals surface area contributed by atoms with Gasteiger partial charge in [0.2, 0.25) is 0 Å². The number of hydrogen-bond acceptors (Lipinski definition) is 4. The van der Waals surface area contributed by atoms with E-state index in [4.69, 9.17) is 0 Å². The Morgan fingerprint density at radius 1 is 1.31 bits per heavy atom. The van der Waals surface area contributed by atoms with Crippen LogP contribution in [0.15, 0.2) is 6.20 Å². The van der Waals surface area contributed by atoms with Crippen molar-refractivity contribution in [3.63, 3.8) is 0 Å². The third-order valence-electron chi connectivity index (χ3n) is 2.90. The molecule has 1 N–H and O–H groups in total. The van der Waals surface area contributed by atoms with Gasteiger partial charge in [0.25, 0.3) is 0 Å². The van der Waals surface area contributed by atoms with Crippen LogP contribution in [0.2, 0.25) is 0 Å². The molecule has 0 unspecified atom stereocenters. The molecule has 1 aliphatic rings. The third kappa shape index (κ3) is 2.32. The van der Waals surface area contributed by atoms with Crippen LogP contribution in [-0.2, 0) is 0 Å². The average Bonchev–Trinajstić information content (AvgIpc) is 2.30. The van der Waals surface area contributed by atoms with Gasteiger partial charge in [-0.25, -0.2) is 9.97 Å². The van der Waals surface area contributed by atoms with Crippen molar-refractivity contribution in [3.05, 3.63) is 17.6 Å². The lowest BCUT2D eigenvalue weighted by molar-refractivity contribution is 0.581. The number of aromatic nitrogens is 2. The maximum absolute atomic E-state index is 4.68. The second-order valence-corrected chi connectivity index (χ2v) is 4.63. The first kappa shape index (κ1) is 11.3. The molecule has 2 rings (SSSR count). The minimum Gasteiger partial charge on any atom is -0.354 e. The number of anilines is 1. The Kier molecular flexibility index (Phi) is 3.39. The Labute approximate surface area is 97.1 Å². The molecule has 16 heavy (non-hydrogen) atoms. The molecule has 0 amide bonds. The van der Waals surface area contributed by atoms with Crippen LogP contribution in [0.3, 0.4) is 0 Å². The summed E-state index contributed by atoms with van der Waals surface area (Å²) in [6.45, 7) is 10.5. The summed E-state index contributed by atoms with van der Waals surface area (Å²) in [6, 6.07) is 0. The Hall–Kier alpha value is -1.16. The third-order valence-corrected chi connectivity index (χ3v) is 2.90. The van der Waals surface area contributed by atoms with Crippen LogP contribution in [0.5, 0.6) is 0 Å². The summed E-state index contributed by atoms with van der Waals surface area (Å²) in [4.78, 5) is 11.4. The number of nitrogens with one attached hydrogen (secondary N) is 1. The molecule has 1 aliphatic heterocycles. The fourth-order valence-corrected chi connectivity index (χ4v) is 1.92. The van der Waals surface area contributed by atoms with Crippen LogP contribution < -0.4 is 10.2 Å². The van der Waals surface area contributed by atoms with Crippen molar-refractivity contribution in [2.24, 2.45) is 0 Å². The molecular formula is C12H20N4. The summed E-state index contributed by atoms with van der Waals surface area (Å²) in [5, 5.41) is 3.36. The lowest BCUT2D eigenvalue weighted by Gasteiger charge is -2.29. The summed E-state index contributed by atoms with van der Waals surface area (Å²) in [5.41, 5.74) is 1.17. The summed E-state index contributed by atoms with van der Waals surface area (Å²) in [5.74, 6) is 2.45. The van der Waals surface area contributed by atoms with Gasteiger partial charge >= 0.3 is 0 Å². The van der Waals surface area contributed by atoms with Gasteiger partial charge in [-0.3, -0.25) is 0 Å². The van der Waals surface area contributed by atoms with E-state index in [9.17, 15) is 0 Å². The quantitative estimate of drug-likeness (QED) is 0.816. The van der Waals surface area contributed by atoms with E-state index in [2.05, 4.69) is 41.0 Å². The van der Waals surface area contributed by atoms with E-state index in [0.717, 1.165) is 37.8 Å². The molecule has 0 saturated carbocycles. The largest absolute Gasteiger partial charge is 0.354 e. The van der Waals surface area contributed by atoms with Gasteiger partial charge in [-0.2, -0.15) is 0 Å². The van der Waals surface area contributed by atoms with E-state index in [0.29, 0.717) is 5.92 Å². The predicted octanol–water partition coefficient (Wildman–Crippen LogP) is 1.32. The zero-order chi connectivity index (χ0) is 11.5. The molecular weight excluding hydrogens is 200 g/mol. The van der Waals surface area contributed by atoms with Crippen molar-refractivity contribution in [3.8, 4) is 0 Å². The van der Waals surface area contributed by atoms with Gasteiger partial charge in [0, 0.05) is 43.9 Å². The highest BCUT2D eigenvalue weighted by atomic mass is 15.2. The number of aryl methyl sites for hydroxylation is 1. The van der Waals surface area contributed by atoms with Crippen LogP contribution in [0.4, 0.5) is 5.82 Å². The molecule has 0 atom stereocenters. The molecule has 2 heterocycles. The number of rotatable bonds is 2. The Balaban J connectivity index is 2.27. The number of hydrogen-bond donors (Lipinski definition) is 1. The van der Waals surface area contributed by atoms with E-state index in [-0.39, 0.29) is 0 Å². The highest BCUT2D eigenvalue weighted by molar-refractivity contribution is 5.46. The van der Waals surface area contributed by atoms with Gasteiger partial charge < -0.3 is 10.2 Å². The minimum absolute atomic E-state index is 0.391. The molecule has 0 spiro atoms. The van der Waals surface area contributed by atoms with E-state index < -0.39 is 0 Å². The van der Waals surface area contributed by atoms with E-state index in [1.807, 2.05) is 6.20 Å². The summed E-state index contributed by atoms with van der Waals surface area (Å²) in [6.07, 6.45) is 1.94. The number of piperazine rings is 1. The van der Waals surface area contributed by atoms with Gasteiger partial charge in [0.05, 0.1) is 0 Å². The second kappa shape index (κ2) is 4.78. The summed E-state index contributed by atoms with van der Waals surface area (Å²) >= 11 is 0. The lowest BCUT2D eigenvalue weighted by Crippen LogP contribution is -2.44. The summed E-state index contributed by atoms with van der Waals surface area (Å²) < 4.78 is 0. The SMILES string of the molecule is Cc1cnc(C(C)C)nc1N1CCNCC1. The first-order valence-electron chi connectivity index (χ1n) is 5.97. The van der Waals surface area contributed by atoms with Crippen LogP contribution in [0, 0.1) is 6.92 Å². The van der Waals surface area contributed by atoms with E-state index >= 15 is 0 Å². The smallest absolute Gasteiger partial charge is 0.135 e.